The van der Waals surface area contributed by atoms with E-state index in [1.807, 2.05) is 24.3 Å². The zero-order chi connectivity index (χ0) is 11.4. The van der Waals surface area contributed by atoms with E-state index < -0.39 is 0 Å². The summed E-state index contributed by atoms with van der Waals surface area (Å²) in [5, 5.41) is 9.03. The molecule has 1 aliphatic rings. The van der Waals surface area contributed by atoms with Crippen molar-refractivity contribution in [1.82, 2.24) is 0 Å². The van der Waals surface area contributed by atoms with Gasteiger partial charge in [0.25, 0.3) is 0 Å². The van der Waals surface area contributed by atoms with Gasteiger partial charge in [0.05, 0.1) is 12.7 Å². The van der Waals surface area contributed by atoms with Crippen LogP contribution in [0.15, 0.2) is 24.3 Å². The second-order valence-corrected chi connectivity index (χ2v) is 4.46. The van der Waals surface area contributed by atoms with E-state index in [0.29, 0.717) is 6.04 Å². The monoisotopic (exact) mass is 221 g/mol. The number of aliphatic hydroxyl groups is 1. The van der Waals surface area contributed by atoms with Crippen molar-refractivity contribution in [2.24, 2.45) is 5.73 Å². The first-order valence-corrected chi connectivity index (χ1v) is 5.90. The fourth-order valence-electron chi connectivity index (χ4n) is 2.12. The average molecular weight is 221 g/mol. The van der Waals surface area contributed by atoms with E-state index in [2.05, 4.69) is 0 Å². The lowest BCUT2D eigenvalue weighted by molar-refractivity contribution is 0.147. The topological polar surface area (TPSA) is 55.5 Å². The standard InChI is InChI=1S/C13H19NO2/c14-11-4-6-12(7-5-11)16-13-3-1-2-10(8-13)9-15/h1-3,8,11-12,15H,4-7,9,14H2. The summed E-state index contributed by atoms with van der Waals surface area (Å²) in [6.45, 7) is 0.0622. The molecule has 0 atom stereocenters. The number of benzene rings is 1. The molecule has 1 fully saturated rings. The van der Waals surface area contributed by atoms with Gasteiger partial charge in [-0.1, -0.05) is 12.1 Å². The molecule has 1 aliphatic carbocycles. The highest BCUT2D eigenvalue weighted by Gasteiger charge is 2.19. The molecule has 0 heterocycles. The molecule has 3 N–H and O–H groups in total. The minimum atomic E-state index is 0.0622. The van der Waals surface area contributed by atoms with Crippen LogP contribution in [-0.2, 0) is 6.61 Å². The van der Waals surface area contributed by atoms with Gasteiger partial charge in [-0.15, -0.1) is 0 Å². The Hall–Kier alpha value is -1.06. The predicted molar refractivity (Wildman–Crippen MR) is 63.2 cm³/mol. The van der Waals surface area contributed by atoms with Crippen LogP contribution in [0.4, 0.5) is 0 Å². The third-order valence-corrected chi connectivity index (χ3v) is 3.10. The second kappa shape index (κ2) is 5.32. The molecule has 0 saturated heterocycles. The smallest absolute Gasteiger partial charge is 0.120 e. The fourth-order valence-corrected chi connectivity index (χ4v) is 2.12. The minimum absolute atomic E-state index is 0.0622. The van der Waals surface area contributed by atoms with Crippen molar-refractivity contribution in [3.05, 3.63) is 29.8 Å². The van der Waals surface area contributed by atoms with Gasteiger partial charge in [-0.3, -0.25) is 0 Å². The number of rotatable bonds is 3. The van der Waals surface area contributed by atoms with Gasteiger partial charge in [0.2, 0.25) is 0 Å². The van der Waals surface area contributed by atoms with Crippen LogP contribution in [0.2, 0.25) is 0 Å². The van der Waals surface area contributed by atoms with Crippen molar-refractivity contribution in [2.45, 2.75) is 44.4 Å². The van der Waals surface area contributed by atoms with Gasteiger partial charge in [0.1, 0.15) is 5.75 Å². The molecule has 1 aromatic carbocycles. The summed E-state index contributed by atoms with van der Waals surface area (Å²) >= 11 is 0. The van der Waals surface area contributed by atoms with Crippen molar-refractivity contribution < 1.29 is 9.84 Å². The Labute approximate surface area is 96.2 Å². The lowest BCUT2D eigenvalue weighted by Crippen LogP contribution is -2.31. The second-order valence-electron chi connectivity index (χ2n) is 4.46. The maximum Gasteiger partial charge on any atom is 0.120 e. The Bertz CT molecular complexity index is 332. The molecule has 0 aromatic heterocycles. The van der Waals surface area contributed by atoms with Gasteiger partial charge in [0.15, 0.2) is 0 Å². The molecule has 0 aliphatic heterocycles. The number of hydrogen-bond acceptors (Lipinski definition) is 3. The van der Waals surface area contributed by atoms with E-state index in [-0.39, 0.29) is 12.7 Å². The predicted octanol–water partition coefficient (Wildman–Crippen LogP) is 1.83. The summed E-state index contributed by atoms with van der Waals surface area (Å²) in [5.74, 6) is 0.854. The van der Waals surface area contributed by atoms with Crippen LogP contribution in [0, 0.1) is 0 Å². The Morgan fingerprint density at radius 3 is 2.69 bits per heavy atom. The number of hydrogen-bond donors (Lipinski definition) is 2. The van der Waals surface area contributed by atoms with Crippen LogP contribution in [0.3, 0.4) is 0 Å². The van der Waals surface area contributed by atoms with Crippen molar-refractivity contribution in [3.8, 4) is 5.75 Å². The molecule has 0 bridgehead atoms. The van der Waals surface area contributed by atoms with Crippen molar-refractivity contribution in [2.75, 3.05) is 0 Å². The minimum Gasteiger partial charge on any atom is -0.490 e. The van der Waals surface area contributed by atoms with Gasteiger partial charge in [0, 0.05) is 6.04 Å². The fraction of sp³-hybridized carbons (Fsp3) is 0.538. The first-order chi connectivity index (χ1) is 7.78. The number of nitrogens with two attached hydrogens (primary N) is 1. The molecule has 3 nitrogen and oxygen atoms in total. The first-order valence-electron chi connectivity index (χ1n) is 5.90. The summed E-state index contributed by atoms with van der Waals surface area (Å²) in [6.07, 6.45) is 4.44. The Morgan fingerprint density at radius 1 is 1.25 bits per heavy atom. The Balaban J connectivity index is 1.93. The maximum absolute atomic E-state index is 9.03. The summed E-state index contributed by atoms with van der Waals surface area (Å²) in [4.78, 5) is 0. The SMILES string of the molecule is NC1CCC(Oc2cccc(CO)c2)CC1. The van der Waals surface area contributed by atoms with Crippen molar-refractivity contribution in [1.29, 1.82) is 0 Å². The third-order valence-electron chi connectivity index (χ3n) is 3.10. The van der Waals surface area contributed by atoms with Crippen molar-refractivity contribution >= 4 is 0 Å². The van der Waals surface area contributed by atoms with Crippen LogP contribution in [-0.4, -0.2) is 17.3 Å². The van der Waals surface area contributed by atoms with E-state index in [0.717, 1.165) is 37.0 Å². The summed E-state index contributed by atoms with van der Waals surface area (Å²) in [7, 11) is 0. The quantitative estimate of drug-likeness (QED) is 0.818. The van der Waals surface area contributed by atoms with Crippen LogP contribution in [0.25, 0.3) is 0 Å². The van der Waals surface area contributed by atoms with E-state index in [1.165, 1.54) is 0 Å². The lowest BCUT2D eigenvalue weighted by Gasteiger charge is -2.26. The summed E-state index contributed by atoms with van der Waals surface area (Å²) in [6, 6.07) is 7.99. The molecular formula is C13H19NO2. The van der Waals surface area contributed by atoms with Gasteiger partial charge < -0.3 is 15.6 Å². The summed E-state index contributed by atoms with van der Waals surface area (Å²) < 4.78 is 5.88. The van der Waals surface area contributed by atoms with Gasteiger partial charge in [-0.05, 0) is 43.4 Å². The van der Waals surface area contributed by atoms with Gasteiger partial charge in [-0.2, -0.15) is 0 Å². The highest BCUT2D eigenvalue weighted by atomic mass is 16.5. The zero-order valence-electron chi connectivity index (χ0n) is 9.43. The van der Waals surface area contributed by atoms with Crippen LogP contribution in [0.5, 0.6) is 5.75 Å². The highest BCUT2D eigenvalue weighted by Crippen LogP contribution is 2.23. The Kier molecular flexibility index (Phi) is 3.80. The molecule has 2 rings (SSSR count). The first kappa shape index (κ1) is 11.4. The van der Waals surface area contributed by atoms with E-state index in [4.69, 9.17) is 15.6 Å². The maximum atomic E-state index is 9.03. The molecule has 0 spiro atoms. The molecule has 0 amide bonds. The molecule has 3 heteroatoms. The van der Waals surface area contributed by atoms with Crippen LogP contribution >= 0.6 is 0 Å². The van der Waals surface area contributed by atoms with E-state index in [1.54, 1.807) is 0 Å². The van der Waals surface area contributed by atoms with Gasteiger partial charge >= 0.3 is 0 Å². The Morgan fingerprint density at radius 2 is 2.00 bits per heavy atom. The van der Waals surface area contributed by atoms with Crippen LogP contribution < -0.4 is 10.5 Å². The normalized spacial score (nSPS) is 25.4. The molecule has 16 heavy (non-hydrogen) atoms. The lowest BCUT2D eigenvalue weighted by atomic mass is 9.94. The molecule has 1 aromatic rings. The molecule has 1 saturated carbocycles. The molecule has 0 unspecified atom stereocenters. The van der Waals surface area contributed by atoms with Crippen LogP contribution in [0.1, 0.15) is 31.2 Å². The molecule has 88 valence electrons. The number of aliphatic hydroxyl groups excluding tert-OH is 1. The highest BCUT2D eigenvalue weighted by molar-refractivity contribution is 5.28. The van der Waals surface area contributed by atoms with Crippen molar-refractivity contribution in [3.63, 3.8) is 0 Å². The third kappa shape index (κ3) is 2.97. The summed E-state index contributed by atoms with van der Waals surface area (Å²) in [5.41, 5.74) is 6.74. The molecular weight excluding hydrogens is 202 g/mol. The largest absolute Gasteiger partial charge is 0.490 e. The van der Waals surface area contributed by atoms with E-state index >= 15 is 0 Å². The average Bonchev–Trinajstić information content (AvgIpc) is 2.32. The van der Waals surface area contributed by atoms with E-state index in [9.17, 15) is 0 Å². The molecule has 0 radical (unpaired) electrons. The zero-order valence-corrected chi connectivity index (χ0v) is 9.43. The number of ether oxygens (including phenoxy) is 1. The van der Waals surface area contributed by atoms with Gasteiger partial charge in [-0.25, -0.2) is 0 Å².